The van der Waals surface area contributed by atoms with Crippen molar-refractivity contribution in [1.29, 1.82) is 0 Å². The highest BCUT2D eigenvalue weighted by molar-refractivity contribution is 7.99. The van der Waals surface area contributed by atoms with E-state index in [4.69, 9.17) is 5.73 Å². The Bertz CT molecular complexity index is 148. The number of hydrogen-bond donors (Lipinski definition) is 1. The molecule has 3 nitrogen and oxygen atoms in total. The third-order valence-electron chi connectivity index (χ3n) is 1.71. The SMILES string of the molecule is CC(N)C(=O)N1CCSCC1.Cl. The van der Waals surface area contributed by atoms with E-state index >= 15 is 0 Å². The van der Waals surface area contributed by atoms with E-state index in [-0.39, 0.29) is 24.4 Å². The molecule has 0 spiro atoms. The molecule has 2 N–H and O–H groups in total. The minimum absolute atomic E-state index is 0. The summed E-state index contributed by atoms with van der Waals surface area (Å²) in [5, 5.41) is 0. The molecule has 0 aliphatic carbocycles. The van der Waals surface area contributed by atoms with Crippen LogP contribution in [0.5, 0.6) is 0 Å². The lowest BCUT2D eigenvalue weighted by atomic mass is 10.3. The van der Waals surface area contributed by atoms with Crippen LogP contribution in [-0.2, 0) is 4.79 Å². The fraction of sp³-hybridized carbons (Fsp3) is 0.857. The van der Waals surface area contributed by atoms with Crippen LogP contribution < -0.4 is 5.73 Å². The van der Waals surface area contributed by atoms with Crippen molar-refractivity contribution in [2.24, 2.45) is 5.73 Å². The average Bonchev–Trinajstić information content (AvgIpc) is 2.05. The second-order valence-corrected chi connectivity index (χ2v) is 3.95. The maximum atomic E-state index is 11.3. The van der Waals surface area contributed by atoms with E-state index in [2.05, 4.69) is 0 Å². The van der Waals surface area contributed by atoms with Crippen LogP contribution >= 0.6 is 24.2 Å². The zero-order chi connectivity index (χ0) is 8.27. The van der Waals surface area contributed by atoms with Gasteiger partial charge in [0.1, 0.15) is 0 Å². The normalized spacial score (nSPS) is 19.7. The highest BCUT2D eigenvalue weighted by atomic mass is 35.5. The number of carbonyl (C=O) groups is 1. The summed E-state index contributed by atoms with van der Waals surface area (Å²) in [6, 6.07) is -0.335. The topological polar surface area (TPSA) is 46.3 Å². The number of amides is 1. The van der Waals surface area contributed by atoms with E-state index in [0.717, 1.165) is 24.6 Å². The summed E-state index contributed by atoms with van der Waals surface area (Å²) >= 11 is 1.89. The first-order valence-electron chi connectivity index (χ1n) is 3.84. The van der Waals surface area contributed by atoms with Gasteiger partial charge in [0, 0.05) is 24.6 Å². The maximum absolute atomic E-state index is 11.3. The number of thioether (sulfide) groups is 1. The summed E-state index contributed by atoms with van der Waals surface area (Å²) in [4.78, 5) is 13.1. The van der Waals surface area contributed by atoms with E-state index in [1.807, 2.05) is 16.7 Å². The summed E-state index contributed by atoms with van der Waals surface area (Å²) < 4.78 is 0. The average molecular weight is 211 g/mol. The van der Waals surface area contributed by atoms with Crippen LogP contribution in [-0.4, -0.2) is 41.4 Å². The Kier molecular flexibility index (Phi) is 5.70. The van der Waals surface area contributed by atoms with Crippen molar-refractivity contribution in [2.75, 3.05) is 24.6 Å². The third-order valence-corrected chi connectivity index (χ3v) is 2.65. The first-order valence-corrected chi connectivity index (χ1v) is 4.99. The van der Waals surface area contributed by atoms with Crippen molar-refractivity contribution in [3.63, 3.8) is 0 Å². The van der Waals surface area contributed by atoms with Gasteiger partial charge in [0.2, 0.25) is 5.91 Å². The maximum Gasteiger partial charge on any atom is 0.239 e. The quantitative estimate of drug-likeness (QED) is 0.679. The van der Waals surface area contributed by atoms with Gasteiger partial charge in [-0.25, -0.2) is 0 Å². The molecule has 1 heterocycles. The molecule has 0 aromatic carbocycles. The van der Waals surface area contributed by atoms with Crippen LogP contribution in [0.2, 0.25) is 0 Å². The van der Waals surface area contributed by atoms with Gasteiger partial charge in [-0.15, -0.1) is 12.4 Å². The molecular formula is C7H15ClN2OS. The smallest absolute Gasteiger partial charge is 0.239 e. The first-order chi connectivity index (χ1) is 5.22. The Morgan fingerprint density at radius 1 is 1.50 bits per heavy atom. The molecule has 1 unspecified atom stereocenters. The van der Waals surface area contributed by atoms with E-state index in [0.29, 0.717) is 0 Å². The Hall–Kier alpha value is 0.0700. The van der Waals surface area contributed by atoms with Gasteiger partial charge in [0.15, 0.2) is 0 Å². The molecule has 1 fully saturated rings. The molecule has 1 aliphatic rings. The number of nitrogens with two attached hydrogens (primary N) is 1. The molecule has 0 saturated carbocycles. The second kappa shape index (κ2) is 5.67. The van der Waals surface area contributed by atoms with Crippen LogP contribution in [0.25, 0.3) is 0 Å². The zero-order valence-electron chi connectivity index (χ0n) is 7.16. The van der Waals surface area contributed by atoms with Crippen LogP contribution in [0.3, 0.4) is 0 Å². The number of halogens is 1. The molecule has 1 rings (SSSR count). The second-order valence-electron chi connectivity index (χ2n) is 2.73. The molecule has 72 valence electrons. The molecule has 0 aromatic heterocycles. The number of rotatable bonds is 1. The van der Waals surface area contributed by atoms with Gasteiger partial charge in [-0.2, -0.15) is 11.8 Å². The molecule has 1 saturated heterocycles. The van der Waals surface area contributed by atoms with Gasteiger partial charge in [0.05, 0.1) is 6.04 Å². The van der Waals surface area contributed by atoms with Gasteiger partial charge in [-0.3, -0.25) is 4.79 Å². The summed E-state index contributed by atoms with van der Waals surface area (Å²) in [5.41, 5.74) is 5.47. The Morgan fingerprint density at radius 3 is 2.42 bits per heavy atom. The number of carbonyl (C=O) groups excluding carboxylic acids is 1. The minimum atomic E-state index is -0.335. The predicted octanol–water partition coefficient (Wildman–Crippen LogP) is 0.331. The van der Waals surface area contributed by atoms with E-state index in [9.17, 15) is 4.79 Å². The third kappa shape index (κ3) is 3.21. The fourth-order valence-corrected chi connectivity index (χ4v) is 1.97. The van der Waals surface area contributed by atoms with E-state index < -0.39 is 0 Å². The highest BCUT2D eigenvalue weighted by Crippen LogP contribution is 2.09. The van der Waals surface area contributed by atoms with Gasteiger partial charge >= 0.3 is 0 Å². The van der Waals surface area contributed by atoms with Crippen molar-refractivity contribution >= 4 is 30.1 Å². The standard InChI is InChI=1S/C7H14N2OS.ClH/c1-6(8)7(10)9-2-4-11-5-3-9;/h6H,2-5,8H2,1H3;1H. The minimum Gasteiger partial charge on any atom is -0.340 e. The molecule has 1 atom stereocenters. The lowest BCUT2D eigenvalue weighted by Gasteiger charge is -2.27. The Labute approximate surface area is 83.5 Å². The summed E-state index contributed by atoms with van der Waals surface area (Å²) in [6.07, 6.45) is 0. The highest BCUT2D eigenvalue weighted by Gasteiger charge is 2.18. The van der Waals surface area contributed by atoms with Crippen LogP contribution in [0.4, 0.5) is 0 Å². The Morgan fingerprint density at radius 2 is 2.00 bits per heavy atom. The monoisotopic (exact) mass is 210 g/mol. The molecule has 0 radical (unpaired) electrons. The molecule has 1 aliphatic heterocycles. The molecule has 5 heteroatoms. The molecule has 1 amide bonds. The lowest BCUT2D eigenvalue weighted by Crippen LogP contribution is -2.45. The van der Waals surface area contributed by atoms with Crippen molar-refractivity contribution in [3.8, 4) is 0 Å². The fourth-order valence-electron chi connectivity index (χ4n) is 1.07. The van der Waals surface area contributed by atoms with Crippen molar-refractivity contribution in [3.05, 3.63) is 0 Å². The van der Waals surface area contributed by atoms with Gasteiger partial charge < -0.3 is 10.6 Å². The van der Waals surface area contributed by atoms with Crippen LogP contribution in [0.1, 0.15) is 6.92 Å². The van der Waals surface area contributed by atoms with Gasteiger partial charge in [0.25, 0.3) is 0 Å². The zero-order valence-corrected chi connectivity index (χ0v) is 8.79. The van der Waals surface area contributed by atoms with Crippen molar-refractivity contribution in [1.82, 2.24) is 4.90 Å². The van der Waals surface area contributed by atoms with Gasteiger partial charge in [-0.05, 0) is 6.92 Å². The summed E-state index contributed by atoms with van der Waals surface area (Å²) in [5.74, 6) is 2.20. The van der Waals surface area contributed by atoms with Crippen LogP contribution in [0, 0.1) is 0 Å². The number of nitrogens with zero attached hydrogens (tertiary/aromatic N) is 1. The molecule has 0 aromatic rings. The van der Waals surface area contributed by atoms with Gasteiger partial charge in [-0.1, -0.05) is 0 Å². The molecule has 0 bridgehead atoms. The van der Waals surface area contributed by atoms with E-state index in [1.54, 1.807) is 6.92 Å². The Balaban J connectivity index is 0.00000121. The predicted molar refractivity (Wildman–Crippen MR) is 54.8 cm³/mol. The van der Waals surface area contributed by atoms with E-state index in [1.165, 1.54) is 0 Å². The lowest BCUT2D eigenvalue weighted by molar-refractivity contribution is -0.131. The largest absolute Gasteiger partial charge is 0.340 e. The van der Waals surface area contributed by atoms with Crippen LogP contribution in [0.15, 0.2) is 0 Å². The first kappa shape index (κ1) is 12.1. The van der Waals surface area contributed by atoms with Crippen molar-refractivity contribution in [2.45, 2.75) is 13.0 Å². The summed E-state index contributed by atoms with van der Waals surface area (Å²) in [7, 11) is 0. The molecular weight excluding hydrogens is 196 g/mol. The van der Waals surface area contributed by atoms with Crippen molar-refractivity contribution < 1.29 is 4.79 Å². The number of hydrogen-bond acceptors (Lipinski definition) is 3. The molecule has 12 heavy (non-hydrogen) atoms. The summed E-state index contributed by atoms with van der Waals surface area (Å²) in [6.45, 7) is 3.47.